The van der Waals surface area contributed by atoms with Crippen LogP contribution in [-0.2, 0) is 26.2 Å². The normalized spacial score (nSPS) is 12.2. The Morgan fingerprint density at radius 3 is 2.16 bits per heavy atom. The van der Waals surface area contributed by atoms with E-state index in [0.717, 1.165) is 15.4 Å². The van der Waals surface area contributed by atoms with Crippen molar-refractivity contribution in [1.29, 1.82) is 0 Å². The number of hydrogen-bond acceptors (Lipinski definition) is 4. The van der Waals surface area contributed by atoms with E-state index in [-0.39, 0.29) is 23.4 Å². The number of rotatable bonds is 10. The van der Waals surface area contributed by atoms with Gasteiger partial charge in [0, 0.05) is 17.6 Å². The summed E-state index contributed by atoms with van der Waals surface area (Å²) in [5.74, 6) is -0.857. The van der Waals surface area contributed by atoms with Crippen LogP contribution in [0.3, 0.4) is 0 Å². The van der Waals surface area contributed by atoms with Gasteiger partial charge in [-0.2, -0.15) is 0 Å². The van der Waals surface area contributed by atoms with E-state index in [1.807, 2.05) is 20.8 Å². The van der Waals surface area contributed by atoms with Crippen LogP contribution in [0.4, 0.5) is 5.69 Å². The standard InChI is InChI=1S/C28H32ClN3O4S/c1-20(2)30-28(34)22(4)31(18-23-9-8-10-24(29)17-23)27(33)19-32(25-15-13-21(3)14-16-25)37(35,36)26-11-6-5-7-12-26/h5-17,20,22H,18-19H2,1-4H3,(H,30,34)/t22-/m0/s1. The SMILES string of the molecule is Cc1ccc(N(CC(=O)N(Cc2cccc(Cl)c2)[C@@H](C)C(=O)NC(C)C)S(=O)(=O)c2ccccc2)cc1. The molecule has 0 saturated carbocycles. The van der Waals surface area contributed by atoms with Crippen molar-refractivity contribution in [2.45, 2.75) is 51.2 Å². The molecule has 0 aromatic heterocycles. The zero-order chi connectivity index (χ0) is 27.2. The predicted octanol–water partition coefficient (Wildman–Crippen LogP) is 4.79. The fraction of sp³-hybridized carbons (Fsp3) is 0.286. The van der Waals surface area contributed by atoms with Gasteiger partial charge in [0.05, 0.1) is 10.6 Å². The highest BCUT2D eigenvalue weighted by Crippen LogP contribution is 2.25. The van der Waals surface area contributed by atoms with Crippen LogP contribution in [0, 0.1) is 6.92 Å². The Morgan fingerprint density at radius 2 is 1.57 bits per heavy atom. The van der Waals surface area contributed by atoms with Crippen molar-refractivity contribution in [3.63, 3.8) is 0 Å². The van der Waals surface area contributed by atoms with Gasteiger partial charge in [-0.05, 0) is 69.7 Å². The largest absolute Gasteiger partial charge is 0.352 e. The molecule has 0 aliphatic heterocycles. The summed E-state index contributed by atoms with van der Waals surface area (Å²) in [5, 5.41) is 3.33. The Bertz CT molecular complexity index is 1330. The molecule has 0 bridgehead atoms. The van der Waals surface area contributed by atoms with E-state index in [2.05, 4.69) is 5.32 Å². The van der Waals surface area contributed by atoms with Crippen LogP contribution in [-0.4, -0.2) is 43.8 Å². The molecule has 0 radical (unpaired) electrons. The summed E-state index contributed by atoms with van der Waals surface area (Å²) < 4.78 is 28.5. The molecule has 0 fully saturated rings. The molecule has 3 aromatic carbocycles. The third kappa shape index (κ3) is 7.33. The number of amides is 2. The Labute approximate surface area is 224 Å². The molecule has 1 atom stereocenters. The maximum atomic E-state index is 13.8. The average molecular weight is 542 g/mol. The fourth-order valence-corrected chi connectivity index (χ4v) is 5.43. The quantitative estimate of drug-likeness (QED) is 0.400. The zero-order valence-electron chi connectivity index (χ0n) is 21.4. The Hall–Kier alpha value is -3.36. The zero-order valence-corrected chi connectivity index (χ0v) is 23.0. The molecule has 37 heavy (non-hydrogen) atoms. The lowest BCUT2D eigenvalue weighted by Gasteiger charge is -2.32. The molecule has 9 heteroatoms. The number of nitrogens with zero attached hydrogens (tertiary/aromatic N) is 2. The van der Waals surface area contributed by atoms with Gasteiger partial charge in [-0.1, -0.05) is 59.6 Å². The summed E-state index contributed by atoms with van der Waals surface area (Å²) in [6.07, 6.45) is 0. The maximum absolute atomic E-state index is 13.8. The van der Waals surface area contributed by atoms with Crippen LogP contribution in [0.25, 0.3) is 0 Å². The number of anilines is 1. The predicted molar refractivity (Wildman–Crippen MR) is 147 cm³/mol. The van der Waals surface area contributed by atoms with E-state index in [4.69, 9.17) is 11.6 Å². The first-order chi connectivity index (χ1) is 17.5. The summed E-state index contributed by atoms with van der Waals surface area (Å²) in [5.41, 5.74) is 2.02. The third-order valence-electron chi connectivity index (χ3n) is 5.77. The lowest BCUT2D eigenvalue weighted by Crippen LogP contribution is -2.52. The van der Waals surface area contributed by atoms with Gasteiger partial charge in [-0.3, -0.25) is 13.9 Å². The van der Waals surface area contributed by atoms with E-state index in [1.54, 1.807) is 73.7 Å². The minimum atomic E-state index is -4.08. The van der Waals surface area contributed by atoms with Gasteiger partial charge in [0.1, 0.15) is 12.6 Å². The van der Waals surface area contributed by atoms with Gasteiger partial charge in [0.25, 0.3) is 10.0 Å². The number of nitrogens with one attached hydrogen (secondary N) is 1. The molecule has 0 heterocycles. The molecule has 2 amide bonds. The van der Waals surface area contributed by atoms with Gasteiger partial charge >= 0.3 is 0 Å². The van der Waals surface area contributed by atoms with Crippen molar-refractivity contribution >= 4 is 39.1 Å². The van der Waals surface area contributed by atoms with Crippen molar-refractivity contribution in [2.75, 3.05) is 10.8 Å². The van der Waals surface area contributed by atoms with Crippen LogP contribution in [0.1, 0.15) is 31.9 Å². The number of halogens is 1. The molecule has 0 spiro atoms. The number of carbonyl (C=O) groups excluding carboxylic acids is 2. The van der Waals surface area contributed by atoms with Crippen LogP contribution in [0.2, 0.25) is 5.02 Å². The highest BCUT2D eigenvalue weighted by Gasteiger charge is 2.32. The Balaban J connectivity index is 2.01. The molecule has 1 N–H and O–H groups in total. The molecule has 0 unspecified atom stereocenters. The molecule has 3 aromatic rings. The first-order valence-corrected chi connectivity index (χ1v) is 13.8. The molecular weight excluding hydrogens is 510 g/mol. The van der Waals surface area contributed by atoms with Gasteiger partial charge < -0.3 is 10.2 Å². The fourth-order valence-electron chi connectivity index (χ4n) is 3.78. The maximum Gasteiger partial charge on any atom is 0.264 e. The lowest BCUT2D eigenvalue weighted by atomic mass is 10.1. The van der Waals surface area contributed by atoms with E-state index in [1.165, 1.54) is 17.0 Å². The summed E-state index contributed by atoms with van der Waals surface area (Å²) in [7, 11) is -4.08. The summed E-state index contributed by atoms with van der Waals surface area (Å²) in [6.45, 7) is 6.78. The highest BCUT2D eigenvalue weighted by atomic mass is 35.5. The van der Waals surface area contributed by atoms with Crippen molar-refractivity contribution in [1.82, 2.24) is 10.2 Å². The first-order valence-electron chi connectivity index (χ1n) is 12.0. The van der Waals surface area contributed by atoms with E-state index in [0.29, 0.717) is 10.7 Å². The van der Waals surface area contributed by atoms with E-state index in [9.17, 15) is 18.0 Å². The van der Waals surface area contributed by atoms with Crippen molar-refractivity contribution in [2.24, 2.45) is 0 Å². The molecular formula is C28H32ClN3O4S. The second-order valence-electron chi connectivity index (χ2n) is 9.15. The second-order valence-corrected chi connectivity index (χ2v) is 11.4. The number of hydrogen-bond donors (Lipinski definition) is 1. The third-order valence-corrected chi connectivity index (χ3v) is 7.80. The monoisotopic (exact) mass is 541 g/mol. The Morgan fingerprint density at radius 1 is 0.919 bits per heavy atom. The minimum Gasteiger partial charge on any atom is -0.352 e. The molecule has 3 rings (SSSR count). The second kappa shape index (κ2) is 12.3. The first kappa shape index (κ1) is 28.2. The number of carbonyl (C=O) groups is 2. The average Bonchev–Trinajstić information content (AvgIpc) is 2.86. The number of aryl methyl sites for hydroxylation is 1. The van der Waals surface area contributed by atoms with Crippen molar-refractivity contribution in [3.05, 3.63) is 95.0 Å². The van der Waals surface area contributed by atoms with E-state index >= 15 is 0 Å². The molecule has 0 aliphatic carbocycles. The van der Waals surface area contributed by atoms with Gasteiger partial charge in [-0.15, -0.1) is 0 Å². The topological polar surface area (TPSA) is 86.8 Å². The smallest absolute Gasteiger partial charge is 0.264 e. The van der Waals surface area contributed by atoms with Crippen LogP contribution >= 0.6 is 11.6 Å². The van der Waals surface area contributed by atoms with Gasteiger partial charge in [-0.25, -0.2) is 8.42 Å². The minimum absolute atomic E-state index is 0.0652. The van der Waals surface area contributed by atoms with Crippen LogP contribution in [0.5, 0.6) is 0 Å². The molecule has 196 valence electrons. The van der Waals surface area contributed by atoms with E-state index < -0.39 is 28.5 Å². The summed E-state index contributed by atoms with van der Waals surface area (Å²) in [6, 6.07) is 20.9. The molecule has 0 saturated heterocycles. The van der Waals surface area contributed by atoms with Crippen LogP contribution in [0.15, 0.2) is 83.8 Å². The number of sulfonamides is 1. The number of benzene rings is 3. The molecule has 0 aliphatic rings. The lowest BCUT2D eigenvalue weighted by molar-refractivity contribution is -0.139. The van der Waals surface area contributed by atoms with Crippen molar-refractivity contribution < 1.29 is 18.0 Å². The van der Waals surface area contributed by atoms with Crippen LogP contribution < -0.4 is 9.62 Å². The highest BCUT2D eigenvalue weighted by molar-refractivity contribution is 7.92. The molecule has 7 nitrogen and oxygen atoms in total. The summed E-state index contributed by atoms with van der Waals surface area (Å²) >= 11 is 6.15. The van der Waals surface area contributed by atoms with Crippen molar-refractivity contribution in [3.8, 4) is 0 Å². The Kier molecular flexibility index (Phi) is 9.34. The van der Waals surface area contributed by atoms with Gasteiger partial charge in [0.15, 0.2) is 0 Å². The van der Waals surface area contributed by atoms with Gasteiger partial charge in [0.2, 0.25) is 11.8 Å². The summed E-state index contributed by atoms with van der Waals surface area (Å²) in [4.78, 5) is 28.2.